The van der Waals surface area contributed by atoms with E-state index < -0.39 is 0 Å². The van der Waals surface area contributed by atoms with Gasteiger partial charge in [-0.2, -0.15) is 5.10 Å². The molecule has 0 saturated heterocycles. The van der Waals surface area contributed by atoms with Crippen LogP contribution < -0.4 is 5.32 Å². The van der Waals surface area contributed by atoms with Crippen LogP contribution >= 0.6 is 11.3 Å². The molecule has 3 aromatic heterocycles. The highest BCUT2D eigenvalue weighted by atomic mass is 32.1. The first-order valence-corrected chi connectivity index (χ1v) is 8.32. The predicted octanol–water partition coefficient (Wildman–Crippen LogP) is 3.04. The van der Waals surface area contributed by atoms with Crippen LogP contribution in [0, 0.1) is 0 Å². The summed E-state index contributed by atoms with van der Waals surface area (Å²) in [6.45, 7) is 0. The normalized spacial score (nSPS) is 10.6. The molecular weight excluding hydrogens is 336 g/mol. The Hall–Kier alpha value is -3.39. The van der Waals surface area contributed by atoms with Crippen molar-refractivity contribution in [1.29, 1.82) is 0 Å². The SMILES string of the molecule is O=C(Nc1cc(-n2cccn2)ncn1)c1csc(-c2ccccc2)n1. The molecule has 25 heavy (non-hydrogen) atoms. The summed E-state index contributed by atoms with van der Waals surface area (Å²) in [5.74, 6) is 0.641. The average Bonchev–Trinajstić information content (AvgIpc) is 3.35. The first kappa shape index (κ1) is 15.2. The van der Waals surface area contributed by atoms with Gasteiger partial charge in [-0.1, -0.05) is 30.3 Å². The van der Waals surface area contributed by atoms with Crippen molar-refractivity contribution in [3.05, 3.63) is 72.3 Å². The minimum absolute atomic E-state index is 0.316. The Labute approximate surface area is 147 Å². The second-order valence-electron chi connectivity index (χ2n) is 5.07. The monoisotopic (exact) mass is 348 g/mol. The zero-order valence-corrected chi connectivity index (χ0v) is 13.7. The van der Waals surface area contributed by atoms with Gasteiger partial charge in [-0.15, -0.1) is 11.3 Å². The maximum Gasteiger partial charge on any atom is 0.276 e. The van der Waals surface area contributed by atoms with E-state index >= 15 is 0 Å². The van der Waals surface area contributed by atoms with Gasteiger partial charge in [-0.3, -0.25) is 4.79 Å². The number of rotatable bonds is 4. The number of aromatic nitrogens is 5. The van der Waals surface area contributed by atoms with Gasteiger partial charge in [0.2, 0.25) is 0 Å². The molecule has 3 heterocycles. The van der Waals surface area contributed by atoms with E-state index in [0.29, 0.717) is 17.3 Å². The molecule has 122 valence electrons. The van der Waals surface area contributed by atoms with Crippen LogP contribution in [-0.4, -0.2) is 30.6 Å². The van der Waals surface area contributed by atoms with E-state index in [0.717, 1.165) is 10.6 Å². The maximum atomic E-state index is 12.4. The molecule has 0 aliphatic rings. The Kier molecular flexibility index (Phi) is 4.01. The molecule has 1 N–H and O–H groups in total. The van der Waals surface area contributed by atoms with Gasteiger partial charge in [-0.05, 0) is 6.07 Å². The van der Waals surface area contributed by atoms with Crippen LogP contribution in [0.1, 0.15) is 10.5 Å². The number of hydrogen-bond acceptors (Lipinski definition) is 6. The molecular formula is C17H12N6OS. The van der Waals surface area contributed by atoms with E-state index in [1.54, 1.807) is 34.6 Å². The highest BCUT2D eigenvalue weighted by Crippen LogP contribution is 2.23. The Balaban J connectivity index is 1.53. The van der Waals surface area contributed by atoms with Crippen LogP contribution in [0.15, 0.2) is 66.6 Å². The lowest BCUT2D eigenvalue weighted by Crippen LogP contribution is -2.14. The zero-order chi connectivity index (χ0) is 17.1. The summed E-state index contributed by atoms with van der Waals surface area (Å²) >= 11 is 1.42. The van der Waals surface area contributed by atoms with Gasteiger partial charge in [0.05, 0.1) is 0 Å². The van der Waals surface area contributed by atoms with Gasteiger partial charge < -0.3 is 5.32 Å². The van der Waals surface area contributed by atoms with Gasteiger partial charge >= 0.3 is 0 Å². The number of hydrogen-bond donors (Lipinski definition) is 1. The fourth-order valence-corrected chi connectivity index (χ4v) is 3.02. The van der Waals surface area contributed by atoms with Crippen molar-refractivity contribution in [2.45, 2.75) is 0 Å². The Morgan fingerprint density at radius 2 is 2.00 bits per heavy atom. The summed E-state index contributed by atoms with van der Waals surface area (Å²) in [7, 11) is 0. The number of carbonyl (C=O) groups excluding carboxylic acids is 1. The minimum Gasteiger partial charge on any atom is -0.305 e. The molecule has 0 fully saturated rings. The summed E-state index contributed by atoms with van der Waals surface area (Å²) in [5, 5.41) is 9.37. The molecule has 7 nitrogen and oxygen atoms in total. The van der Waals surface area contributed by atoms with Crippen LogP contribution in [0.2, 0.25) is 0 Å². The zero-order valence-electron chi connectivity index (χ0n) is 12.9. The molecule has 4 rings (SSSR count). The molecule has 0 radical (unpaired) electrons. The van der Waals surface area contributed by atoms with Crippen molar-refractivity contribution in [3.63, 3.8) is 0 Å². The molecule has 0 spiro atoms. The van der Waals surface area contributed by atoms with E-state index in [-0.39, 0.29) is 5.91 Å². The molecule has 0 saturated carbocycles. The number of carbonyl (C=O) groups is 1. The van der Waals surface area contributed by atoms with Gasteiger partial charge in [0.1, 0.15) is 22.8 Å². The number of amides is 1. The molecule has 0 unspecified atom stereocenters. The second kappa shape index (κ2) is 6.62. The first-order valence-electron chi connectivity index (χ1n) is 7.44. The van der Waals surface area contributed by atoms with E-state index in [1.807, 2.05) is 30.3 Å². The predicted molar refractivity (Wildman–Crippen MR) is 94.7 cm³/mol. The van der Waals surface area contributed by atoms with Crippen molar-refractivity contribution in [1.82, 2.24) is 24.7 Å². The van der Waals surface area contributed by atoms with E-state index in [2.05, 4.69) is 25.4 Å². The van der Waals surface area contributed by atoms with Crippen molar-refractivity contribution >= 4 is 23.1 Å². The Morgan fingerprint density at radius 3 is 2.80 bits per heavy atom. The largest absolute Gasteiger partial charge is 0.305 e. The molecule has 8 heteroatoms. The standard InChI is InChI=1S/C17H12N6OS/c24-16(13-10-25-17(21-13)12-5-2-1-3-6-12)22-14-9-15(19-11-18-14)23-8-4-7-20-23/h1-11H,(H,18,19,22,24). The molecule has 1 aromatic carbocycles. The molecule has 1 amide bonds. The maximum absolute atomic E-state index is 12.4. The van der Waals surface area contributed by atoms with E-state index in [4.69, 9.17) is 0 Å². The number of thiazole rings is 1. The smallest absolute Gasteiger partial charge is 0.276 e. The first-order chi connectivity index (χ1) is 12.3. The molecule has 0 bridgehead atoms. The van der Waals surface area contributed by atoms with E-state index in [9.17, 15) is 4.79 Å². The summed E-state index contributed by atoms with van der Waals surface area (Å²) in [6, 6.07) is 13.2. The summed E-state index contributed by atoms with van der Waals surface area (Å²) < 4.78 is 1.59. The van der Waals surface area contributed by atoms with Gasteiger partial charge in [0, 0.05) is 29.4 Å². The Bertz CT molecular complexity index is 997. The van der Waals surface area contributed by atoms with Crippen LogP contribution in [0.5, 0.6) is 0 Å². The van der Waals surface area contributed by atoms with Crippen LogP contribution in [0.4, 0.5) is 5.82 Å². The lowest BCUT2D eigenvalue weighted by atomic mass is 10.2. The molecule has 0 atom stereocenters. The van der Waals surface area contributed by atoms with Crippen molar-refractivity contribution in [2.75, 3.05) is 5.32 Å². The number of nitrogens with one attached hydrogen (secondary N) is 1. The second-order valence-corrected chi connectivity index (χ2v) is 5.93. The lowest BCUT2D eigenvalue weighted by Gasteiger charge is -2.04. The Morgan fingerprint density at radius 1 is 1.12 bits per heavy atom. The van der Waals surface area contributed by atoms with Crippen molar-refractivity contribution < 1.29 is 4.79 Å². The fraction of sp³-hybridized carbons (Fsp3) is 0. The summed E-state index contributed by atoms with van der Waals surface area (Å²) in [6.07, 6.45) is 4.80. The number of nitrogens with zero attached hydrogens (tertiary/aromatic N) is 5. The third-order valence-corrected chi connectivity index (χ3v) is 4.28. The van der Waals surface area contributed by atoms with Gasteiger partial charge in [0.15, 0.2) is 5.82 Å². The van der Waals surface area contributed by atoms with Crippen LogP contribution in [0.25, 0.3) is 16.4 Å². The number of anilines is 1. The van der Waals surface area contributed by atoms with E-state index in [1.165, 1.54) is 17.7 Å². The lowest BCUT2D eigenvalue weighted by molar-refractivity contribution is 0.102. The summed E-state index contributed by atoms with van der Waals surface area (Å²) in [4.78, 5) is 25.0. The van der Waals surface area contributed by atoms with Gasteiger partial charge in [0.25, 0.3) is 5.91 Å². The summed E-state index contributed by atoms with van der Waals surface area (Å²) in [5.41, 5.74) is 1.33. The third-order valence-electron chi connectivity index (χ3n) is 3.39. The third kappa shape index (κ3) is 3.29. The van der Waals surface area contributed by atoms with Gasteiger partial charge in [-0.25, -0.2) is 19.6 Å². The average molecular weight is 348 g/mol. The van der Waals surface area contributed by atoms with Crippen molar-refractivity contribution in [3.8, 4) is 16.4 Å². The van der Waals surface area contributed by atoms with Crippen LogP contribution in [-0.2, 0) is 0 Å². The van der Waals surface area contributed by atoms with Crippen molar-refractivity contribution in [2.24, 2.45) is 0 Å². The quantitative estimate of drug-likeness (QED) is 0.613. The molecule has 0 aliphatic carbocycles. The topological polar surface area (TPSA) is 85.6 Å². The molecule has 0 aliphatic heterocycles. The highest BCUT2D eigenvalue weighted by molar-refractivity contribution is 7.13. The highest BCUT2D eigenvalue weighted by Gasteiger charge is 2.13. The van der Waals surface area contributed by atoms with Crippen LogP contribution in [0.3, 0.4) is 0 Å². The number of benzene rings is 1. The molecule has 4 aromatic rings. The fourth-order valence-electron chi connectivity index (χ4n) is 2.22. The minimum atomic E-state index is -0.316.